The molecule has 0 aromatic rings. The van der Waals surface area contributed by atoms with Gasteiger partial charge in [-0.25, -0.2) is 0 Å². The van der Waals surface area contributed by atoms with Gasteiger partial charge in [0, 0.05) is 19.6 Å². The average molecular weight is 253 g/mol. The highest BCUT2D eigenvalue weighted by atomic mass is 16.5. The third kappa shape index (κ3) is 3.87. The molecule has 1 aliphatic carbocycles. The van der Waals surface area contributed by atoms with E-state index in [9.17, 15) is 0 Å². The first kappa shape index (κ1) is 13.7. The van der Waals surface area contributed by atoms with Crippen LogP contribution >= 0.6 is 0 Å². The lowest BCUT2D eigenvalue weighted by Gasteiger charge is -2.29. The molecule has 1 aliphatic heterocycles. The second kappa shape index (κ2) is 6.98. The molecule has 0 unspecified atom stereocenters. The van der Waals surface area contributed by atoms with E-state index >= 15 is 0 Å². The van der Waals surface area contributed by atoms with Crippen LogP contribution in [0.2, 0.25) is 0 Å². The van der Waals surface area contributed by atoms with E-state index in [1.165, 1.54) is 32.1 Å². The van der Waals surface area contributed by atoms with E-state index in [0.29, 0.717) is 0 Å². The summed E-state index contributed by atoms with van der Waals surface area (Å²) in [6, 6.07) is 0. The summed E-state index contributed by atoms with van der Waals surface area (Å²) in [5.41, 5.74) is 6.04. The second-order valence-electron chi connectivity index (χ2n) is 5.59. The molecular formula is C14H27N3O. The van der Waals surface area contributed by atoms with Gasteiger partial charge in [0.25, 0.3) is 0 Å². The summed E-state index contributed by atoms with van der Waals surface area (Å²) in [6.07, 6.45) is 6.77. The molecule has 0 aromatic carbocycles. The first-order valence-corrected chi connectivity index (χ1v) is 7.42. The van der Waals surface area contributed by atoms with E-state index in [2.05, 4.69) is 16.8 Å². The SMILES string of the molecule is CCC1CCC(CN=C(N)N2CCOCC2)CC1. The lowest BCUT2D eigenvalue weighted by molar-refractivity contribution is 0.0673. The van der Waals surface area contributed by atoms with Gasteiger partial charge in [-0.3, -0.25) is 4.99 Å². The number of nitrogens with two attached hydrogens (primary N) is 1. The van der Waals surface area contributed by atoms with Crippen molar-refractivity contribution < 1.29 is 4.74 Å². The van der Waals surface area contributed by atoms with Crippen LogP contribution in [0.15, 0.2) is 4.99 Å². The Bertz CT molecular complexity index is 266. The van der Waals surface area contributed by atoms with Gasteiger partial charge in [0.15, 0.2) is 5.96 Å². The van der Waals surface area contributed by atoms with Crippen molar-refractivity contribution in [2.45, 2.75) is 39.0 Å². The minimum Gasteiger partial charge on any atom is -0.378 e. The van der Waals surface area contributed by atoms with Crippen LogP contribution in [0.5, 0.6) is 0 Å². The number of hydrogen-bond donors (Lipinski definition) is 1. The molecule has 0 aromatic heterocycles. The number of nitrogens with zero attached hydrogens (tertiary/aromatic N) is 2. The minimum absolute atomic E-state index is 0.718. The maximum absolute atomic E-state index is 6.04. The lowest BCUT2D eigenvalue weighted by atomic mass is 9.81. The number of guanidine groups is 1. The number of ether oxygens (including phenoxy) is 1. The predicted molar refractivity (Wildman–Crippen MR) is 74.6 cm³/mol. The molecule has 2 rings (SSSR count). The Morgan fingerprint density at radius 1 is 1.17 bits per heavy atom. The fraction of sp³-hybridized carbons (Fsp3) is 0.929. The molecule has 0 bridgehead atoms. The van der Waals surface area contributed by atoms with Gasteiger partial charge >= 0.3 is 0 Å². The minimum atomic E-state index is 0.718. The van der Waals surface area contributed by atoms with Crippen LogP contribution in [-0.2, 0) is 4.74 Å². The maximum atomic E-state index is 6.04. The van der Waals surface area contributed by atoms with Crippen molar-refractivity contribution in [3.05, 3.63) is 0 Å². The van der Waals surface area contributed by atoms with Crippen LogP contribution < -0.4 is 5.73 Å². The van der Waals surface area contributed by atoms with Crippen molar-refractivity contribution in [1.82, 2.24) is 4.90 Å². The van der Waals surface area contributed by atoms with E-state index in [1.807, 2.05) is 0 Å². The highest BCUT2D eigenvalue weighted by Gasteiger charge is 2.20. The predicted octanol–water partition coefficient (Wildman–Crippen LogP) is 1.85. The Balaban J connectivity index is 1.72. The zero-order valence-electron chi connectivity index (χ0n) is 11.6. The van der Waals surface area contributed by atoms with Crippen molar-refractivity contribution in [2.24, 2.45) is 22.6 Å². The van der Waals surface area contributed by atoms with Crippen molar-refractivity contribution in [3.8, 4) is 0 Å². The van der Waals surface area contributed by atoms with E-state index in [-0.39, 0.29) is 0 Å². The van der Waals surface area contributed by atoms with E-state index < -0.39 is 0 Å². The smallest absolute Gasteiger partial charge is 0.191 e. The molecule has 2 N–H and O–H groups in total. The largest absolute Gasteiger partial charge is 0.378 e. The van der Waals surface area contributed by atoms with E-state index in [0.717, 1.165) is 50.6 Å². The second-order valence-corrected chi connectivity index (χ2v) is 5.59. The number of rotatable bonds is 3. The Hall–Kier alpha value is -0.770. The molecule has 4 heteroatoms. The highest BCUT2D eigenvalue weighted by Crippen LogP contribution is 2.30. The normalized spacial score (nSPS) is 30.5. The Morgan fingerprint density at radius 3 is 2.39 bits per heavy atom. The fourth-order valence-corrected chi connectivity index (χ4v) is 2.94. The van der Waals surface area contributed by atoms with Crippen molar-refractivity contribution in [3.63, 3.8) is 0 Å². The van der Waals surface area contributed by atoms with Crippen LogP contribution in [0.3, 0.4) is 0 Å². The standard InChI is InChI=1S/C14H27N3O/c1-2-12-3-5-13(6-4-12)11-16-14(15)17-7-9-18-10-8-17/h12-13H,2-11H2,1H3,(H2,15,16). The molecule has 1 heterocycles. The molecular weight excluding hydrogens is 226 g/mol. The molecule has 0 amide bonds. The summed E-state index contributed by atoms with van der Waals surface area (Å²) >= 11 is 0. The zero-order valence-corrected chi connectivity index (χ0v) is 11.6. The average Bonchev–Trinajstić information content (AvgIpc) is 2.46. The summed E-state index contributed by atoms with van der Waals surface area (Å²) in [6.45, 7) is 6.55. The molecule has 2 fully saturated rings. The number of hydrogen-bond acceptors (Lipinski definition) is 2. The monoisotopic (exact) mass is 253 g/mol. The van der Waals surface area contributed by atoms with E-state index in [1.54, 1.807) is 0 Å². The molecule has 1 saturated heterocycles. The van der Waals surface area contributed by atoms with Gasteiger partial charge in [-0.05, 0) is 24.7 Å². The van der Waals surface area contributed by atoms with Crippen LogP contribution in [0.4, 0.5) is 0 Å². The first-order chi connectivity index (χ1) is 8.79. The van der Waals surface area contributed by atoms with Crippen molar-refractivity contribution in [2.75, 3.05) is 32.8 Å². The van der Waals surface area contributed by atoms with Gasteiger partial charge in [-0.2, -0.15) is 0 Å². The van der Waals surface area contributed by atoms with Gasteiger partial charge in [-0.15, -0.1) is 0 Å². The Labute approximate surface area is 111 Å². The topological polar surface area (TPSA) is 50.8 Å². The summed E-state index contributed by atoms with van der Waals surface area (Å²) in [7, 11) is 0. The molecule has 0 radical (unpaired) electrons. The molecule has 4 nitrogen and oxygen atoms in total. The summed E-state index contributed by atoms with van der Waals surface area (Å²) in [5.74, 6) is 2.44. The summed E-state index contributed by atoms with van der Waals surface area (Å²) in [4.78, 5) is 6.73. The third-order valence-electron chi connectivity index (χ3n) is 4.39. The number of aliphatic imine (C=N–C) groups is 1. The zero-order chi connectivity index (χ0) is 12.8. The first-order valence-electron chi connectivity index (χ1n) is 7.42. The fourth-order valence-electron chi connectivity index (χ4n) is 2.94. The van der Waals surface area contributed by atoms with Crippen LogP contribution in [0.25, 0.3) is 0 Å². The molecule has 0 atom stereocenters. The molecule has 1 saturated carbocycles. The van der Waals surface area contributed by atoms with Crippen LogP contribution in [0.1, 0.15) is 39.0 Å². The van der Waals surface area contributed by atoms with E-state index in [4.69, 9.17) is 10.5 Å². The quantitative estimate of drug-likeness (QED) is 0.617. The lowest BCUT2D eigenvalue weighted by Crippen LogP contribution is -2.45. The van der Waals surface area contributed by atoms with Crippen molar-refractivity contribution >= 4 is 5.96 Å². The van der Waals surface area contributed by atoms with Gasteiger partial charge in [0.2, 0.25) is 0 Å². The van der Waals surface area contributed by atoms with Gasteiger partial charge in [0.1, 0.15) is 0 Å². The molecule has 2 aliphatic rings. The number of morpholine rings is 1. The maximum Gasteiger partial charge on any atom is 0.191 e. The van der Waals surface area contributed by atoms with Gasteiger partial charge in [0.05, 0.1) is 13.2 Å². The third-order valence-corrected chi connectivity index (χ3v) is 4.39. The highest BCUT2D eigenvalue weighted by molar-refractivity contribution is 5.78. The summed E-state index contributed by atoms with van der Waals surface area (Å²) in [5, 5.41) is 0. The Morgan fingerprint density at radius 2 is 1.78 bits per heavy atom. The van der Waals surface area contributed by atoms with Crippen LogP contribution in [0, 0.1) is 11.8 Å². The van der Waals surface area contributed by atoms with Crippen molar-refractivity contribution in [1.29, 1.82) is 0 Å². The Kier molecular flexibility index (Phi) is 5.29. The molecule has 18 heavy (non-hydrogen) atoms. The summed E-state index contributed by atoms with van der Waals surface area (Å²) < 4.78 is 5.32. The molecule has 0 spiro atoms. The molecule has 104 valence electrons. The van der Waals surface area contributed by atoms with Gasteiger partial charge in [-0.1, -0.05) is 26.2 Å². The van der Waals surface area contributed by atoms with Gasteiger partial charge < -0.3 is 15.4 Å². The van der Waals surface area contributed by atoms with Crippen LogP contribution in [-0.4, -0.2) is 43.7 Å².